The Morgan fingerprint density at radius 3 is 2.73 bits per heavy atom. The van der Waals surface area contributed by atoms with Crippen molar-refractivity contribution in [3.8, 4) is 5.75 Å². The molecule has 0 bridgehead atoms. The maximum absolute atomic E-state index is 13.5. The Morgan fingerprint density at radius 2 is 2.13 bits per heavy atom. The second-order valence-corrected chi connectivity index (χ2v) is 4.59. The molecule has 0 radical (unpaired) electrons. The third-order valence-corrected chi connectivity index (χ3v) is 3.15. The highest BCUT2D eigenvalue weighted by atomic mass is 19.1. The second kappa shape index (κ2) is 3.49. The Hall–Kier alpha value is -1.09. The van der Waals surface area contributed by atoms with E-state index >= 15 is 0 Å². The summed E-state index contributed by atoms with van der Waals surface area (Å²) < 4.78 is 13.5. The van der Waals surface area contributed by atoms with Gasteiger partial charge in [-0.1, -0.05) is 0 Å². The number of hydrogen-bond acceptors (Lipinski definition) is 2. The van der Waals surface area contributed by atoms with Crippen molar-refractivity contribution < 1.29 is 9.50 Å². The van der Waals surface area contributed by atoms with E-state index in [1.54, 1.807) is 6.92 Å². The van der Waals surface area contributed by atoms with Crippen molar-refractivity contribution in [2.75, 3.05) is 0 Å². The van der Waals surface area contributed by atoms with Crippen LogP contribution in [-0.4, -0.2) is 10.6 Å². The van der Waals surface area contributed by atoms with Gasteiger partial charge < -0.3 is 10.8 Å². The Balaban J connectivity index is 2.10. The van der Waals surface area contributed by atoms with Gasteiger partial charge in [-0.15, -0.1) is 0 Å². The van der Waals surface area contributed by atoms with E-state index in [2.05, 4.69) is 0 Å². The van der Waals surface area contributed by atoms with Crippen LogP contribution in [0.5, 0.6) is 5.75 Å². The van der Waals surface area contributed by atoms with Crippen LogP contribution in [-0.2, 0) is 6.42 Å². The van der Waals surface area contributed by atoms with Crippen LogP contribution in [0.4, 0.5) is 4.39 Å². The van der Waals surface area contributed by atoms with Crippen LogP contribution in [0.1, 0.15) is 30.4 Å². The highest BCUT2D eigenvalue weighted by Gasteiger charge is 2.37. The van der Waals surface area contributed by atoms with E-state index in [-0.39, 0.29) is 17.1 Å². The number of phenols is 1. The molecule has 0 spiro atoms. The van der Waals surface area contributed by atoms with E-state index in [0.29, 0.717) is 17.5 Å². The Bertz CT molecular complexity index is 385. The van der Waals surface area contributed by atoms with Crippen LogP contribution in [0, 0.1) is 12.7 Å². The highest BCUT2D eigenvalue weighted by molar-refractivity contribution is 5.36. The number of phenolic OH excluding ortho intramolecular Hbond substituents is 1. The molecule has 3 heteroatoms. The standard InChI is InChI=1S/C12H16FNO/c1-8-6-10(13)9(7-11(8)15)2-3-12(14)4-5-12/h6-7,15H,2-5,14H2,1H3. The molecule has 1 aliphatic carbocycles. The molecule has 1 saturated carbocycles. The third kappa shape index (κ3) is 2.29. The number of aromatic hydroxyl groups is 1. The molecule has 0 amide bonds. The molecule has 1 aromatic rings. The van der Waals surface area contributed by atoms with Crippen molar-refractivity contribution in [2.45, 2.75) is 38.1 Å². The minimum atomic E-state index is -0.241. The topological polar surface area (TPSA) is 46.2 Å². The van der Waals surface area contributed by atoms with Gasteiger partial charge in [-0.25, -0.2) is 4.39 Å². The van der Waals surface area contributed by atoms with E-state index in [0.717, 1.165) is 19.3 Å². The van der Waals surface area contributed by atoms with Crippen molar-refractivity contribution in [1.29, 1.82) is 0 Å². The molecule has 3 N–H and O–H groups in total. The summed E-state index contributed by atoms with van der Waals surface area (Å²) in [5, 5.41) is 9.47. The SMILES string of the molecule is Cc1cc(F)c(CCC2(N)CC2)cc1O. The van der Waals surface area contributed by atoms with Gasteiger partial charge in [0, 0.05) is 5.54 Å². The number of rotatable bonds is 3. The predicted octanol–water partition coefficient (Wildman–Crippen LogP) is 2.26. The van der Waals surface area contributed by atoms with Gasteiger partial charge in [0.25, 0.3) is 0 Å². The minimum Gasteiger partial charge on any atom is -0.508 e. The van der Waals surface area contributed by atoms with Gasteiger partial charge in [-0.05, 0) is 55.9 Å². The number of hydrogen-bond donors (Lipinski definition) is 2. The van der Waals surface area contributed by atoms with Crippen LogP contribution < -0.4 is 5.73 Å². The van der Waals surface area contributed by atoms with Gasteiger partial charge in [0.05, 0.1) is 0 Å². The lowest BCUT2D eigenvalue weighted by atomic mass is 10.0. The fraction of sp³-hybridized carbons (Fsp3) is 0.500. The fourth-order valence-electron chi connectivity index (χ4n) is 1.69. The first-order valence-electron chi connectivity index (χ1n) is 5.27. The third-order valence-electron chi connectivity index (χ3n) is 3.15. The molecular formula is C12H16FNO. The number of aryl methyl sites for hydroxylation is 2. The average molecular weight is 209 g/mol. The summed E-state index contributed by atoms with van der Waals surface area (Å²) in [6.07, 6.45) is 3.47. The van der Waals surface area contributed by atoms with Crippen molar-refractivity contribution in [1.82, 2.24) is 0 Å². The van der Waals surface area contributed by atoms with Gasteiger partial charge in [0.15, 0.2) is 0 Å². The minimum absolute atomic E-state index is 0.0626. The van der Waals surface area contributed by atoms with Gasteiger partial charge in [0.1, 0.15) is 11.6 Å². The van der Waals surface area contributed by atoms with Crippen LogP contribution in [0.25, 0.3) is 0 Å². The molecule has 0 aromatic heterocycles. The Kier molecular flexibility index (Phi) is 2.43. The lowest BCUT2D eigenvalue weighted by Crippen LogP contribution is -2.22. The molecule has 0 aliphatic heterocycles. The molecule has 0 heterocycles. The van der Waals surface area contributed by atoms with E-state index in [9.17, 15) is 9.50 Å². The fourth-order valence-corrected chi connectivity index (χ4v) is 1.69. The van der Waals surface area contributed by atoms with Gasteiger partial charge >= 0.3 is 0 Å². The van der Waals surface area contributed by atoms with Gasteiger partial charge in [-0.2, -0.15) is 0 Å². The molecule has 2 nitrogen and oxygen atoms in total. The molecule has 15 heavy (non-hydrogen) atoms. The monoisotopic (exact) mass is 209 g/mol. The molecule has 0 unspecified atom stereocenters. The summed E-state index contributed by atoms with van der Waals surface area (Å²) in [7, 11) is 0. The molecular weight excluding hydrogens is 193 g/mol. The maximum Gasteiger partial charge on any atom is 0.126 e. The lowest BCUT2D eigenvalue weighted by molar-refractivity contribution is 0.465. The lowest BCUT2D eigenvalue weighted by Gasteiger charge is -2.10. The molecule has 2 rings (SSSR count). The summed E-state index contributed by atoms with van der Waals surface area (Å²) in [6, 6.07) is 2.89. The molecule has 0 atom stereocenters. The van der Waals surface area contributed by atoms with Crippen molar-refractivity contribution in [3.63, 3.8) is 0 Å². The first-order valence-corrected chi connectivity index (χ1v) is 5.27. The zero-order valence-electron chi connectivity index (χ0n) is 8.89. The first kappa shape index (κ1) is 10.4. The summed E-state index contributed by atoms with van der Waals surface area (Å²) in [5.74, 6) is -0.0807. The van der Waals surface area contributed by atoms with E-state index in [1.807, 2.05) is 0 Å². The van der Waals surface area contributed by atoms with E-state index in [4.69, 9.17) is 5.73 Å². The normalized spacial score (nSPS) is 17.8. The largest absolute Gasteiger partial charge is 0.508 e. The average Bonchev–Trinajstić information content (AvgIpc) is 2.89. The predicted molar refractivity (Wildman–Crippen MR) is 57.3 cm³/mol. The number of nitrogens with two attached hydrogens (primary N) is 1. The van der Waals surface area contributed by atoms with Crippen molar-refractivity contribution >= 4 is 0 Å². The van der Waals surface area contributed by atoms with Crippen LogP contribution in [0.15, 0.2) is 12.1 Å². The van der Waals surface area contributed by atoms with Crippen LogP contribution in [0.2, 0.25) is 0 Å². The Labute approximate surface area is 88.9 Å². The smallest absolute Gasteiger partial charge is 0.126 e. The summed E-state index contributed by atoms with van der Waals surface area (Å²) in [6.45, 7) is 1.69. The summed E-state index contributed by atoms with van der Waals surface area (Å²) in [5.41, 5.74) is 7.00. The Morgan fingerprint density at radius 1 is 1.47 bits per heavy atom. The summed E-state index contributed by atoms with van der Waals surface area (Å²) in [4.78, 5) is 0. The second-order valence-electron chi connectivity index (χ2n) is 4.59. The zero-order chi connectivity index (χ0) is 11.1. The van der Waals surface area contributed by atoms with E-state index in [1.165, 1.54) is 12.1 Å². The molecule has 0 saturated heterocycles. The van der Waals surface area contributed by atoms with Crippen LogP contribution >= 0.6 is 0 Å². The zero-order valence-corrected chi connectivity index (χ0v) is 8.89. The highest BCUT2D eigenvalue weighted by Crippen LogP contribution is 2.37. The molecule has 1 fully saturated rings. The number of halogens is 1. The molecule has 82 valence electrons. The number of benzene rings is 1. The van der Waals surface area contributed by atoms with Gasteiger partial charge in [-0.3, -0.25) is 0 Å². The van der Waals surface area contributed by atoms with Gasteiger partial charge in [0.2, 0.25) is 0 Å². The summed E-state index contributed by atoms with van der Waals surface area (Å²) >= 11 is 0. The van der Waals surface area contributed by atoms with Crippen molar-refractivity contribution in [3.05, 3.63) is 29.1 Å². The maximum atomic E-state index is 13.5. The van der Waals surface area contributed by atoms with Crippen LogP contribution in [0.3, 0.4) is 0 Å². The molecule has 1 aromatic carbocycles. The first-order chi connectivity index (χ1) is 7.00. The molecule has 1 aliphatic rings. The van der Waals surface area contributed by atoms with E-state index < -0.39 is 0 Å². The quantitative estimate of drug-likeness (QED) is 0.802. The van der Waals surface area contributed by atoms with Crippen molar-refractivity contribution in [2.24, 2.45) is 5.73 Å².